The maximum absolute atomic E-state index is 12.9. The molecule has 0 aliphatic carbocycles. The number of H-pyrrole nitrogens is 1. The predicted octanol–water partition coefficient (Wildman–Crippen LogP) is 1.68. The fraction of sp³-hybridized carbons (Fsp3) is 0.294. The number of rotatable bonds is 6. The Morgan fingerprint density at radius 2 is 2.04 bits per heavy atom. The molecule has 0 saturated carbocycles. The zero-order valence-corrected chi connectivity index (χ0v) is 14.0. The minimum atomic E-state index is -0.267. The zero-order chi connectivity index (χ0) is 17.8. The largest absolute Gasteiger partial charge is 0.352 e. The van der Waals surface area contributed by atoms with Crippen LogP contribution in [0.5, 0.6) is 0 Å². The van der Waals surface area contributed by atoms with Gasteiger partial charge in [0.15, 0.2) is 11.5 Å². The van der Waals surface area contributed by atoms with Gasteiger partial charge in [-0.25, -0.2) is 19.3 Å². The van der Waals surface area contributed by atoms with E-state index in [0.29, 0.717) is 23.4 Å². The van der Waals surface area contributed by atoms with Gasteiger partial charge in [-0.05, 0) is 31.0 Å². The van der Waals surface area contributed by atoms with E-state index in [2.05, 4.69) is 25.3 Å². The van der Waals surface area contributed by atoms with Gasteiger partial charge in [-0.3, -0.25) is 4.79 Å². The number of imidazole rings is 1. The number of aromatic amines is 1. The lowest BCUT2D eigenvalue weighted by Crippen LogP contribution is -2.41. The van der Waals surface area contributed by atoms with Gasteiger partial charge in [-0.2, -0.15) is 0 Å². The third-order valence-corrected chi connectivity index (χ3v) is 3.81. The summed E-state index contributed by atoms with van der Waals surface area (Å²) in [5.74, 6) is 0.226. The van der Waals surface area contributed by atoms with Gasteiger partial charge in [0.05, 0.1) is 12.9 Å². The Labute approximate surface area is 144 Å². The second-order valence-electron chi connectivity index (χ2n) is 5.95. The van der Waals surface area contributed by atoms with Crippen molar-refractivity contribution in [2.24, 2.45) is 0 Å². The third-order valence-electron chi connectivity index (χ3n) is 3.81. The molecule has 1 atom stereocenters. The van der Waals surface area contributed by atoms with Gasteiger partial charge in [-0.1, -0.05) is 12.1 Å². The molecular weight excluding hydrogens is 323 g/mol. The van der Waals surface area contributed by atoms with E-state index in [1.54, 1.807) is 30.4 Å². The van der Waals surface area contributed by atoms with Crippen LogP contribution in [0.1, 0.15) is 12.5 Å². The summed E-state index contributed by atoms with van der Waals surface area (Å²) in [6.45, 7) is 2.07. The van der Waals surface area contributed by atoms with Crippen LogP contribution in [0.3, 0.4) is 0 Å². The molecule has 0 unspecified atom stereocenters. The number of hydrogen-bond donors (Lipinski definition) is 2. The molecule has 2 N–H and O–H groups in total. The van der Waals surface area contributed by atoms with Gasteiger partial charge in [0.1, 0.15) is 17.7 Å². The Balaban J connectivity index is 1.58. The third kappa shape index (κ3) is 4.09. The summed E-state index contributed by atoms with van der Waals surface area (Å²) in [5, 5.41) is 2.94. The number of likely N-dealkylation sites (N-methyl/N-ethyl adjacent to an activating group) is 1. The molecule has 130 valence electrons. The Hall–Kier alpha value is -3.03. The number of halogens is 1. The standard InChI is InChI=1S/C17H19FN6O/c1-11(7-12-3-5-13(18)6-4-12)23-14(25)8-24(2)17-15-16(20-9-19-15)21-10-22-17/h3-6,9-11H,7-8H2,1-2H3,(H,23,25)(H,19,20,21,22)/t11-/m1/s1. The monoisotopic (exact) mass is 342 g/mol. The van der Waals surface area contributed by atoms with Crippen LogP contribution in [0.4, 0.5) is 10.2 Å². The van der Waals surface area contributed by atoms with Crippen LogP contribution < -0.4 is 10.2 Å². The van der Waals surface area contributed by atoms with Crippen LogP contribution in [-0.4, -0.2) is 45.5 Å². The summed E-state index contributed by atoms with van der Waals surface area (Å²) in [4.78, 5) is 29.3. The van der Waals surface area contributed by atoms with Gasteiger partial charge in [0.25, 0.3) is 0 Å². The summed E-state index contributed by atoms with van der Waals surface area (Å²) in [7, 11) is 1.78. The minimum Gasteiger partial charge on any atom is -0.352 e. The molecule has 1 amide bonds. The molecule has 0 saturated heterocycles. The molecule has 3 rings (SSSR count). The van der Waals surface area contributed by atoms with Crippen molar-refractivity contribution >= 4 is 22.9 Å². The molecule has 0 bridgehead atoms. The normalized spacial score (nSPS) is 12.1. The maximum atomic E-state index is 12.9. The second-order valence-corrected chi connectivity index (χ2v) is 5.95. The van der Waals surface area contributed by atoms with Gasteiger partial charge in [-0.15, -0.1) is 0 Å². The molecule has 0 aliphatic heterocycles. The van der Waals surface area contributed by atoms with Crippen molar-refractivity contribution in [3.8, 4) is 0 Å². The van der Waals surface area contributed by atoms with Crippen molar-refractivity contribution in [2.75, 3.05) is 18.5 Å². The summed E-state index contributed by atoms with van der Waals surface area (Å²) in [6, 6.07) is 6.22. The Morgan fingerprint density at radius 3 is 2.80 bits per heavy atom. The summed E-state index contributed by atoms with van der Waals surface area (Å²) in [5.41, 5.74) is 2.22. The summed E-state index contributed by atoms with van der Waals surface area (Å²) >= 11 is 0. The fourth-order valence-corrected chi connectivity index (χ4v) is 2.68. The fourth-order valence-electron chi connectivity index (χ4n) is 2.68. The number of fused-ring (bicyclic) bond motifs is 1. The number of carbonyl (C=O) groups is 1. The number of nitrogens with one attached hydrogen (secondary N) is 2. The van der Waals surface area contributed by atoms with E-state index in [0.717, 1.165) is 5.56 Å². The first-order chi connectivity index (χ1) is 12.0. The highest BCUT2D eigenvalue weighted by molar-refractivity contribution is 5.87. The molecule has 8 heteroatoms. The van der Waals surface area contributed by atoms with Gasteiger partial charge in [0.2, 0.25) is 5.91 Å². The minimum absolute atomic E-state index is 0.0658. The average molecular weight is 342 g/mol. The van der Waals surface area contributed by atoms with E-state index in [9.17, 15) is 9.18 Å². The number of hydrogen-bond acceptors (Lipinski definition) is 5. The van der Waals surface area contributed by atoms with E-state index >= 15 is 0 Å². The van der Waals surface area contributed by atoms with Crippen molar-refractivity contribution in [1.82, 2.24) is 25.3 Å². The lowest BCUT2D eigenvalue weighted by atomic mass is 10.1. The van der Waals surface area contributed by atoms with Gasteiger partial charge < -0.3 is 15.2 Å². The van der Waals surface area contributed by atoms with Crippen molar-refractivity contribution < 1.29 is 9.18 Å². The molecule has 3 aromatic rings. The Morgan fingerprint density at radius 1 is 1.28 bits per heavy atom. The van der Waals surface area contributed by atoms with Crippen LogP contribution >= 0.6 is 0 Å². The first-order valence-corrected chi connectivity index (χ1v) is 7.92. The van der Waals surface area contributed by atoms with Crippen LogP contribution in [0, 0.1) is 5.82 Å². The summed E-state index contributed by atoms with van der Waals surface area (Å²) < 4.78 is 12.9. The maximum Gasteiger partial charge on any atom is 0.239 e. The highest BCUT2D eigenvalue weighted by Gasteiger charge is 2.15. The number of nitrogens with zero attached hydrogens (tertiary/aromatic N) is 4. The van der Waals surface area contributed by atoms with E-state index in [4.69, 9.17) is 0 Å². The van der Waals surface area contributed by atoms with Crippen molar-refractivity contribution in [3.05, 3.63) is 48.3 Å². The number of benzene rings is 1. The average Bonchev–Trinajstić information content (AvgIpc) is 3.05. The van der Waals surface area contributed by atoms with Gasteiger partial charge >= 0.3 is 0 Å². The highest BCUT2D eigenvalue weighted by Crippen LogP contribution is 2.17. The Kier molecular flexibility index (Phi) is 4.87. The van der Waals surface area contributed by atoms with Crippen molar-refractivity contribution in [3.63, 3.8) is 0 Å². The number of amides is 1. The first kappa shape index (κ1) is 16.8. The van der Waals surface area contributed by atoms with Crippen molar-refractivity contribution in [1.29, 1.82) is 0 Å². The molecule has 2 heterocycles. The van der Waals surface area contributed by atoms with Crippen LogP contribution in [0.25, 0.3) is 11.2 Å². The topological polar surface area (TPSA) is 86.8 Å². The molecular formula is C17H19FN6O. The molecule has 7 nitrogen and oxygen atoms in total. The van der Waals surface area contributed by atoms with Gasteiger partial charge in [0, 0.05) is 13.1 Å². The van der Waals surface area contributed by atoms with E-state index < -0.39 is 0 Å². The highest BCUT2D eigenvalue weighted by atomic mass is 19.1. The van der Waals surface area contributed by atoms with Crippen molar-refractivity contribution in [2.45, 2.75) is 19.4 Å². The molecule has 1 aromatic carbocycles. The van der Waals surface area contributed by atoms with E-state index in [1.807, 2.05) is 6.92 Å². The quantitative estimate of drug-likeness (QED) is 0.712. The number of anilines is 1. The second kappa shape index (κ2) is 7.25. The van der Waals surface area contributed by atoms with E-state index in [1.165, 1.54) is 18.5 Å². The molecule has 0 fully saturated rings. The lowest BCUT2D eigenvalue weighted by molar-refractivity contribution is -0.120. The van der Waals surface area contributed by atoms with Crippen LogP contribution in [0.15, 0.2) is 36.9 Å². The number of aromatic nitrogens is 4. The Bertz CT molecular complexity index is 863. The lowest BCUT2D eigenvalue weighted by Gasteiger charge is -2.20. The van der Waals surface area contributed by atoms with E-state index in [-0.39, 0.29) is 24.3 Å². The molecule has 0 radical (unpaired) electrons. The SMILES string of the molecule is C[C@H](Cc1ccc(F)cc1)NC(=O)CN(C)c1ncnc2nc[nH]c12. The smallest absolute Gasteiger partial charge is 0.239 e. The number of carbonyl (C=O) groups excluding carboxylic acids is 1. The molecule has 2 aromatic heterocycles. The molecule has 25 heavy (non-hydrogen) atoms. The molecule has 0 spiro atoms. The zero-order valence-electron chi connectivity index (χ0n) is 14.0. The van der Waals surface area contributed by atoms with Crippen LogP contribution in [0.2, 0.25) is 0 Å². The predicted molar refractivity (Wildman–Crippen MR) is 92.7 cm³/mol. The molecule has 0 aliphatic rings. The van der Waals surface area contributed by atoms with Crippen LogP contribution in [-0.2, 0) is 11.2 Å². The first-order valence-electron chi connectivity index (χ1n) is 7.92. The summed E-state index contributed by atoms with van der Waals surface area (Å²) in [6.07, 6.45) is 3.60.